The van der Waals surface area contributed by atoms with Crippen molar-refractivity contribution in [3.8, 4) is 17.6 Å². The quantitative estimate of drug-likeness (QED) is 0.420. The average molecular weight is 530 g/mol. The minimum Gasteiger partial charge on any atom is -0.489 e. The van der Waals surface area contributed by atoms with Crippen LogP contribution in [0.2, 0.25) is 0 Å². The number of amides is 2. The van der Waals surface area contributed by atoms with Crippen LogP contribution in [-0.4, -0.2) is 83.3 Å². The van der Waals surface area contributed by atoms with Gasteiger partial charge in [-0.3, -0.25) is 14.7 Å². The van der Waals surface area contributed by atoms with E-state index < -0.39 is 18.1 Å². The first-order valence-electron chi connectivity index (χ1n) is 12.7. The zero-order valence-corrected chi connectivity index (χ0v) is 21.2. The summed E-state index contributed by atoms with van der Waals surface area (Å²) in [6.45, 7) is 0.599. The van der Waals surface area contributed by atoms with Gasteiger partial charge < -0.3 is 29.5 Å². The number of aliphatic hydroxyl groups excluding tert-OH is 1. The number of hydrogen-bond acceptors (Lipinski definition) is 8. The maximum atomic E-state index is 13.2. The Morgan fingerprint density at radius 2 is 1.97 bits per heavy atom. The van der Waals surface area contributed by atoms with Gasteiger partial charge >= 0.3 is 0 Å². The summed E-state index contributed by atoms with van der Waals surface area (Å²) in [7, 11) is 1.63. The third-order valence-corrected chi connectivity index (χ3v) is 7.04. The number of nitrogens with zero attached hydrogens (tertiary/aromatic N) is 3. The number of aromatic amines is 1. The number of aromatic nitrogens is 3. The first-order chi connectivity index (χ1) is 19.0. The zero-order valence-electron chi connectivity index (χ0n) is 21.2. The van der Waals surface area contributed by atoms with Crippen LogP contribution in [0.1, 0.15) is 27.6 Å². The van der Waals surface area contributed by atoms with Crippen LogP contribution in [-0.2, 0) is 20.7 Å². The van der Waals surface area contributed by atoms with Crippen LogP contribution in [0.25, 0.3) is 0 Å². The van der Waals surface area contributed by atoms with Gasteiger partial charge in [-0.15, -0.1) is 5.10 Å². The highest BCUT2D eigenvalue weighted by Crippen LogP contribution is 2.33. The van der Waals surface area contributed by atoms with Gasteiger partial charge in [0.1, 0.15) is 42.5 Å². The summed E-state index contributed by atoms with van der Waals surface area (Å²) >= 11 is 0. The second-order valence-corrected chi connectivity index (χ2v) is 9.72. The van der Waals surface area contributed by atoms with Crippen LogP contribution in [0.3, 0.4) is 0 Å². The molecule has 0 bridgehead atoms. The van der Waals surface area contributed by atoms with Crippen molar-refractivity contribution in [1.82, 2.24) is 20.5 Å². The van der Waals surface area contributed by atoms with E-state index in [9.17, 15) is 14.7 Å². The highest BCUT2D eigenvalue weighted by molar-refractivity contribution is 6.02. The first kappa shape index (κ1) is 25.1. The van der Waals surface area contributed by atoms with Gasteiger partial charge in [0, 0.05) is 19.0 Å². The average Bonchev–Trinajstić information content (AvgIpc) is 3.66. The molecule has 2 saturated heterocycles. The molecule has 5 atom stereocenters. The van der Waals surface area contributed by atoms with E-state index in [1.165, 1.54) is 4.90 Å². The Balaban J connectivity index is 1.12. The van der Waals surface area contributed by atoms with Crippen LogP contribution in [0.15, 0.2) is 48.5 Å². The van der Waals surface area contributed by atoms with E-state index >= 15 is 0 Å². The molecule has 11 heteroatoms. The Kier molecular flexibility index (Phi) is 6.74. The molecule has 39 heavy (non-hydrogen) atoms. The molecule has 3 N–H and O–H groups in total. The van der Waals surface area contributed by atoms with Gasteiger partial charge in [0.25, 0.3) is 11.8 Å². The number of nitrogens with one attached hydrogen (secondary N) is 2. The number of aliphatic hydroxyl groups is 1. The topological polar surface area (TPSA) is 139 Å². The highest BCUT2D eigenvalue weighted by Gasteiger charge is 2.46. The van der Waals surface area contributed by atoms with Crippen LogP contribution in [0, 0.1) is 17.8 Å². The number of fused-ring (bicyclic) bond motifs is 2. The van der Waals surface area contributed by atoms with E-state index in [2.05, 4.69) is 32.3 Å². The molecule has 3 aliphatic heterocycles. The Morgan fingerprint density at radius 3 is 2.82 bits per heavy atom. The number of rotatable bonds is 4. The number of carbonyl (C=O) groups is 2. The zero-order chi connectivity index (χ0) is 26.9. The van der Waals surface area contributed by atoms with Gasteiger partial charge in [0.15, 0.2) is 0 Å². The van der Waals surface area contributed by atoms with E-state index in [1.54, 1.807) is 19.2 Å². The number of ether oxygens (including phenoxy) is 3. The second-order valence-electron chi connectivity index (χ2n) is 9.72. The van der Waals surface area contributed by atoms with Crippen LogP contribution in [0.4, 0.5) is 5.69 Å². The van der Waals surface area contributed by atoms with Crippen molar-refractivity contribution in [3.63, 3.8) is 0 Å². The number of benzene rings is 2. The lowest BCUT2D eigenvalue weighted by atomic mass is 10.0. The van der Waals surface area contributed by atoms with Crippen molar-refractivity contribution < 1.29 is 28.9 Å². The summed E-state index contributed by atoms with van der Waals surface area (Å²) in [5.41, 5.74) is 2.26. The van der Waals surface area contributed by atoms with Crippen LogP contribution in [0.5, 0.6) is 5.75 Å². The smallest absolute Gasteiger partial charge is 0.291 e. The molecular weight excluding hydrogens is 502 g/mol. The Bertz CT molecular complexity index is 1450. The van der Waals surface area contributed by atoms with Crippen molar-refractivity contribution in [2.24, 2.45) is 5.92 Å². The lowest BCUT2D eigenvalue weighted by molar-refractivity contribution is -0.120. The monoisotopic (exact) mass is 529 g/mol. The second kappa shape index (κ2) is 10.5. The predicted molar refractivity (Wildman–Crippen MR) is 138 cm³/mol. The van der Waals surface area contributed by atoms with E-state index in [1.807, 2.05) is 36.4 Å². The molecule has 0 spiro atoms. The van der Waals surface area contributed by atoms with E-state index in [0.717, 1.165) is 5.56 Å². The van der Waals surface area contributed by atoms with E-state index in [4.69, 9.17) is 14.2 Å². The fourth-order valence-corrected chi connectivity index (χ4v) is 4.95. The third kappa shape index (κ3) is 5.09. The molecule has 3 aliphatic rings. The first-order valence-corrected chi connectivity index (χ1v) is 12.7. The SMILES string of the molecule is CN1C(=O)C(NC(=O)c2n[nH]c(Cc3ccccc3)n2)COc2ccc(C#CC3COC4C(O)COC34)cc21. The summed E-state index contributed by atoms with van der Waals surface area (Å²) < 4.78 is 17.2. The molecule has 0 aliphatic carbocycles. The minimum atomic E-state index is -0.931. The molecule has 0 saturated carbocycles. The molecule has 200 valence electrons. The third-order valence-electron chi connectivity index (χ3n) is 7.04. The summed E-state index contributed by atoms with van der Waals surface area (Å²) in [6.07, 6.45) is -0.712. The van der Waals surface area contributed by atoms with Gasteiger partial charge in [0.2, 0.25) is 5.82 Å². The summed E-state index contributed by atoms with van der Waals surface area (Å²) in [6, 6.07) is 14.1. The Labute approximate surface area is 224 Å². The number of likely N-dealkylation sites (N-methyl/N-ethyl adjacent to an activating group) is 1. The van der Waals surface area contributed by atoms with E-state index in [-0.39, 0.29) is 43.1 Å². The maximum absolute atomic E-state index is 13.2. The molecular formula is C28H27N5O6. The summed E-state index contributed by atoms with van der Waals surface area (Å²) in [4.78, 5) is 31.8. The lowest BCUT2D eigenvalue weighted by Gasteiger charge is -2.20. The normalized spacial score (nSPS) is 25.6. The largest absolute Gasteiger partial charge is 0.489 e. The van der Waals surface area contributed by atoms with Gasteiger partial charge in [-0.25, -0.2) is 4.98 Å². The standard InChI is InChI=1S/C28H27N5O6/c1-33-20-11-17(7-9-18-13-38-25-21(34)15-39-24(18)25)8-10-22(20)37-14-19(28(33)36)29-27(35)26-30-23(31-32-26)12-16-5-3-2-4-6-16/h2-6,8,10-11,18-19,21,24-25,34H,12-15H2,1H3,(H,29,35)(H,30,31,32). The number of anilines is 1. The van der Waals surface area contributed by atoms with Crippen molar-refractivity contribution in [3.05, 3.63) is 71.3 Å². The molecule has 11 nitrogen and oxygen atoms in total. The van der Waals surface area contributed by atoms with Crippen LogP contribution >= 0.6 is 0 Å². The van der Waals surface area contributed by atoms with Crippen molar-refractivity contribution in [2.45, 2.75) is 30.8 Å². The molecule has 2 amide bonds. The number of carbonyl (C=O) groups excluding carboxylic acids is 2. The van der Waals surface area contributed by atoms with Gasteiger partial charge in [-0.05, 0) is 23.8 Å². The Hall–Kier alpha value is -4.24. The molecule has 6 rings (SSSR count). The number of hydrogen-bond donors (Lipinski definition) is 3. The van der Waals surface area contributed by atoms with Gasteiger partial charge in [0.05, 0.1) is 24.8 Å². The predicted octanol–water partition coefficient (Wildman–Crippen LogP) is 0.676. The van der Waals surface area contributed by atoms with Crippen molar-refractivity contribution >= 4 is 17.5 Å². The summed E-state index contributed by atoms with van der Waals surface area (Å²) in [5, 5.41) is 19.4. The van der Waals surface area contributed by atoms with Crippen LogP contribution < -0.4 is 15.0 Å². The fraction of sp³-hybridized carbons (Fsp3) is 0.357. The molecule has 2 aromatic carbocycles. The fourth-order valence-electron chi connectivity index (χ4n) is 4.95. The molecule has 1 aromatic heterocycles. The molecule has 3 aromatic rings. The minimum absolute atomic E-state index is 0.0453. The lowest BCUT2D eigenvalue weighted by Crippen LogP contribution is -2.49. The van der Waals surface area contributed by atoms with E-state index in [0.29, 0.717) is 35.9 Å². The van der Waals surface area contributed by atoms with Gasteiger partial charge in [-0.1, -0.05) is 42.2 Å². The molecule has 5 unspecified atom stereocenters. The molecule has 4 heterocycles. The molecule has 0 radical (unpaired) electrons. The Morgan fingerprint density at radius 1 is 1.15 bits per heavy atom. The highest BCUT2D eigenvalue weighted by atomic mass is 16.6. The van der Waals surface area contributed by atoms with Crippen molar-refractivity contribution in [2.75, 3.05) is 31.8 Å². The van der Waals surface area contributed by atoms with Gasteiger partial charge in [-0.2, -0.15) is 0 Å². The number of H-pyrrole nitrogens is 1. The maximum Gasteiger partial charge on any atom is 0.291 e. The van der Waals surface area contributed by atoms with Crippen molar-refractivity contribution in [1.29, 1.82) is 0 Å². The summed E-state index contributed by atoms with van der Waals surface area (Å²) in [5.74, 6) is 6.25. The molecule has 2 fully saturated rings.